The maximum Gasteiger partial charge on any atom is 0.273 e. The second-order valence-electron chi connectivity index (χ2n) is 5.01. The molecule has 5 heteroatoms. The predicted octanol–water partition coefficient (Wildman–Crippen LogP) is 1.63. The van der Waals surface area contributed by atoms with Gasteiger partial charge in [0.15, 0.2) is 5.69 Å². The molecule has 0 radical (unpaired) electrons. The van der Waals surface area contributed by atoms with Crippen LogP contribution in [0.25, 0.3) is 0 Å². The lowest BCUT2D eigenvalue weighted by molar-refractivity contribution is 0.0916. The maximum absolute atomic E-state index is 11.9. The minimum Gasteiger partial charge on any atom is -0.361 e. The Kier molecular flexibility index (Phi) is 4.36. The smallest absolute Gasteiger partial charge is 0.273 e. The van der Waals surface area contributed by atoms with Crippen LogP contribution in [-0.2, 0) is 6.42 Å². The third-order valence-electron chi connectivity index (χ3n) is 3.40. The lowest BCUT2D eigenvalue weighted by Crippen LogP contribution is -2.40. The van der Waals surface area contributed by atoms with Gasteiger partial charge in [0, 0.05) is 24.6 Å². The quantitative estimate of drug-likeness (QED) is 0.852. The highest BCUT2D eigenvalue weighted by atomic mass is 16.5. The largest absolute Gasteiger partial charge is 0.361 e. The number of nitrogens with one attached hydrogen (secondary N) is 1. The molecule has 1 amide bonds. The standard InChI is InChI=1S/C13H21N3O2/c1-2-3-11-8-12(16-18-11)13(17)15-10-6-4-9(14)5-7-10/h8-10H,2-7,14H2,1H3,(H,15,17)/t9-,10-. The third kappa shape index (κ3) is 3.32. The molecule has 0 spiro atoms. The van der Waals surface area contributed by atoms with E-state index in [2.05, 4.69) is 17.4 Å². The first-order chi connectivity index (χ1) is 8.69. The SMILES string of the molecule is CCCc1cc(C(=O)N[C@H]2CC[C@H](N)CC2)no1. The number of rotatable bonds is 4. The highest BCUT2D eigenvalue weighted by molar-refractivity contribution is 5.92. The van der Waals surface area contributed by atoms with Crippen LogP contribution in [0.5, 0.6) is 0 Å². The van der Waals surface area contributed by atoms with E-state index in [-0.39, 0.29) is 11.9 Å². The average Bonchev–Trinajstić information content (AvgIpc) is 2.81. The Bertz CT molecular complexity index is 395. The minimum atomic E-state index is -0.137. The summed E-state index contributed by atoms with van der Waals surface area (Å²) in [5.74, 6) is 0.634. The molecule has 1 aromatic rings. The van der Waals surface area contributed by atoms with Crippen LogP contribution in [0, 0.1) is 0 Å². The number of aromatic nitrogens is 1. The van der Waals surface area contributed by atoms with Gasteiger partial charge in [-0.25, -0.2) is 0 Å². The summed E-state index contributed by atoms with van der Waals surface area (Å²) in [6.07, 6.45) is 5.66. The molecule has 0 aliphatic heterocycles. The minimum absolute atomic E-state index is 0.137. The molecule has 1 fully saturated rings. The van der Waals surface area contributed by atoms with Crippen LogP contribution in [0.2, 0.25) is 0 Å². The van der Waals surface area contributed by atoms with Crippen molar-refractivity contribution in [2.75, 3.05) is 0 Å². The summed E-state index contributed by atoms with van der Waals surface area (Å²) in [4.78, 5) is 11.9. The molecule has 5 nitrogen and oxygen atoms in total. The zero-order valence-corrected chi connectivity index (χ0v) is 10.8. The van der Waals surface area contributed by atoms with Crippen LogP contribution in [0.15, 0.2) is 10.6 Å². The molecule has 0 unspecified atom stereocenters. The van der Waals surface area contributed by atoms with Crippen LogP contribution >= 0.6 is 0 Å². The highest BCUT2D eigenvalue weighted by Crippen LogP contribution is 2.17. The molecule has 0 saturated heterocycles. The normalized spacial score (nSPS) is 23.9. The van der Waals surface area contributed by atoms with E-state index in [4.69, 9.17) is 10.3 Å². The zero-order chi connectivity index (χ0) is 13.0. The molecule has 0 bridgehead atoms. The van der Waals surface area contributed by atoms with Gasteiger partial charge in [0.25, 0.3) is 5.91 Å². The van der Waals surface area contributed by atoms with E-state index >= 15 is 0 Å². The van der Waals surface area contributed by atoms with Crippen molar-refractivity contribution in [3.8, 4) is 0 Å². The van der Waals surface area contributed by atoms with Crippen molar-refractivity contribution in [1.82, 2.24) is 10.5 Å². The van der Waals surface area contributed by atoms with Gasteiger partial charge in [0.05, 0.1) is 0 Å². The van der Waals surface area contributed by atoms with Gasteiger partial charge in [-0.05, 0) is 32.1 Å². The van der Waals surface area contributed by atoms with E-state index in [1.807, 2.05) is 0 Å². The Balaban J connectivity index is 1.86. The van der Waals surface area contributed by atoms with Crippen molar-refractivity contribution in [2.45, 2.75) is 57.5 Å². The van der Waals surface area contributed by atoms with Gasteiger partial charge in [-0.2, -0.15) is 0 Å². The third-order valence-corrected chi connectivity index (χ3v) is 3.40. The first kappa shape index (κ1) is 13.1. The fraction of sp³-hybridized carbons (Fsp3) is 0.692. The van der Waals surface area contributed by atoms with Gasteiger partial charge in [-0.3, -0.25) is 4.79 Å². The van der Waals surface area contributed by atoms with Gasteiger partial charge in [-0.1, -0.05) is 12.1 Å². The first-order valence-corrected chi connectivity index (χ1v) is 6.71. The number of aryl methyl sites for hydroxylation is 1. The van der Waals surface area contributed by atoms with Crippen molar-refractivity contribution < 1.29 is 9.32 Å². The average molecular weight is 251 g/mol. The van der Waals surface area contributed by atoms with Crippen LogP contribution in [0.1, 0.15) is 55.3 Å². The van der Waals surface area contributed by atoms with Crippen molar-refractivity contribution in [2.24, 2.45) is 5.73 Å². The fourth-order valence-corrected chi connectivity index (χ4v) is 2.31. The summed E-state index contributed by atoms with van der Waals surface area (Å²) in [5, 5.41) is 6.80. The fourth-order valence-electron chi connectivity index (χ4n) is 2.31. The van der Waals surface area contributed by atoms with Crippen LogP contribution in [0.4, 0.5) is 0 Å². The van der Waals surface area contributed by atoms with Crippen LogP contribution in [0.3, 0.4) is 0 Å². The van der Waals surface area contributed by atoms with Gasteiger partial charge in [0.1, 0.15) is 5.76 Å². The zero-order valence-electron chi connectivity index (χ0n) is 10.8. The monoisotopic (exact) mass is 251 g/mol. The predicted molar refractivity (Wildman–Crippen MR) is 68.2 cm³/mol. The Morgan fingerprint density at radius 2 is 2.22 bits per heavy atom. The Morgan fingerprint density at radius 3 is 2.89 bits per heavy atom. The molecule has 1 aliphatic rings. The van der Waals surface area contributed by atoms with E-state index in [1.165, 1.54) is 0 Å². The summed E-state index contributed by atoms with van der Waals surface area (Å²) in [6, 6.07) is 2.25. The van der Waals surface area contributed by atoms with E-state index in [0.717, 1.165) is 44.3 Å². The molecule has 3 N–H and O–H groups in total. The second kappa shape index (κ2) is 6.00. The van der Waals surface area contributed by atoms with Crippen LogP contribution < -0.4 is 11.1 Å². The number of amides is 1. The summed E-state index contributed by atoms with van der Waals surface area (Å²) in [5.41, 5.74) is 6.22. The summed E-state index contributed by atoms with van der Waals surface area (Å²) in [7, 11) is 0. The number of carbonyl (C=O) groups is 1. The topological polar surface area (TPSA) is 81.2 Å². The van der Waals surface area contributed by atoms with Crippen molar-refractivity contribution in [1.29, 1.82) is 0 Å². The van der Waals surface area contributed by atoms with E-state index in [9.17, 15) is 4.79 Å². The van der Waals surface area contributed by atoms with Gasteiger partial charge >= 0.3 is 0 Å². The summed E-state index contributed by atoms with van der Waals surface area (Å²) in [6.45, 7) is 2.06. The molecule has 0 atom stereocenters. The summed E-state index contributed by atoms with van der Waals surface area (Å²) >= 11 is 0. The number of nitrogens with zero attached hydrogens (tertiary/aromatic N) is 1. The maximum atomic E-state index is 11.9. The number of nitrogens with two attached hydrogens (primary N) is 1. The Morgan fingerprint density at radius 1 is 1.50 bits per heavy atom. The van der Waals surface area contributed by atoms with Gasteiger partial charge in [-0.15, -0.1) is 0 Å². The van der Waals surface area contributed by atoms with E-state index in [1.54, 1.807) is 6.07 Å². The van der Waals surface area contributed by atoms with E-state index < -0.39 is 0 Å². The molecular formula is C13H21N3O2. The lowest BCUT2D eigenvalue weighted by atomic mass is 9.92. The summed E-state index contributed by atoms with van der Waals surface area (Å²) < 4.78 is 5.10. The van der Waals surface area contributed by atoms with Crippen molar-refractivity contribution >= 4 is 5.91 Å². The molecule has 1 aromatic heterocycles. The van der Waals surface area contributed by atoms with Crippen LogP contribution in [-0.4, -0.2) is 23.1 Å². The molecule has 0 aromatic carbocycles. The van der Waals surface area contributed by atoms with Crippen molar-refractivity contribution in [3.63, 3.8) is 0 Å². The van der Waals surface area contributed by atoms with Gasteiger partial charge < -0.3 is 15.6 Å². The molecule has 1 saturated carbocycles. The Hall–Kier alpha value is -1.36. The molecule has 2 rings (SSSR count). The molecule has 1 heterocycles. The number of hydrogen-bond acceptors (Lipinski definition) is 4. The number of hydrogen-bond donors (Lipinski definition) is 2. The molecule has 18 heavy (non-hydrogen) atoms. The van der Waals surface area contributed by atoms with E-state index in [0.29, 0.717) is 11.7 Å². The lowest BCUT2D eigenvalue weighted by Gasteiger charge is -2.26. The Labute approximate surface area is 107 Å². The molecule has 100 valence electrons. The number of carbonyl (C=O) groups excluding carboxylic acids is 1. The first-order valence-electron chi connectivity index (χ1n) is 6.71. The van der Waals surface area contributed by atoms with Gasteiger partial charge in [0.2, 0.25) is 0 Å². The van der Waals surface area contributed by atoms with Crippen molar-refractivity contribution in [3.05, 3.63) is 17.5 Å². The highest BCUT2D eigenvalue weighted by Gasteiger charge is 2.21. The molecule has 1 aliphatic carbocycles. The second-order valence-corrected chi connectivity index (χ2v) is 5.01. The molecular weight excluding hydrogens is 230 g/mol.